The highest BCUT2D eigenvalue weighted by Gasteiger charge is 2.23. The Balaban J connectivity index is 1.55. The molecule has 0 bridgehead atoms. The summed E-state index contributed by atoms with van der Waals surface area (Å²) in [5.41, 5.74) is 2.71. The molecule has 0 radical (unpaired) electrons. The number of halogens is 2. The Kier molecular flexibility index (Phi) is 8.04. The van der Waals surface area contributed by atoms with Crippen LogP contribution in [-0.4, -0.2) is 13.0 Å². The molecule has 1 amide bonds. The Morgan fingerprint density at radius 2 is 1.94 bits per heavy atom. The van der Waals surface area contributed by atoms with Crippen LogP contribution >= 0.6 is 27.3 Å². The summed E-state index contributed by atoms with van der Waals surface area (Å²) in [6.45, 7) is 0.204. The zero-order valence-electron chi connectivity index (χ0n) is 19.4. The van der Waals surface area contributed by atoms with Crippen LogP contribution < -0.4 is 14.8 Å². The number of nitrogens with zero attached hydrogens (tertiary/aromatic N) is 2. The number of nitrogens with one attached hydrogen (secondary N) is 1. The quantitative estimate of drug-likeness (QED) is 0.259. The van der Waals surface area contributed by atoms with E-state index >= 15 is 0 Å². The van der Waals surface area contributed by atoms with Gasteiger partial charge in [-0.25, -0.2) is 4.39 Å². The number of methoxy groups -OCH3 is 1. The molecule has 1 N–H and O–H groups in total. The van der Waals surface area contributed by atoms with Gasteiger partial charge in [-0.2, -0.15) is 10.5 Å². The molecule has 4 rings (SSSR count). The minimum Gasteiger partial charge on any atom is -0.493 e. The SMILES string of the molecule is COc1cc(/C=C(\C#N)C(=O)Nc2sc3c(c2C#N)CCCC3)c(Br)cc1OCc1ccc(F)cc1. The van der Waals surface area contributed by atoms with Crippen molar-refractivity contribution in [3.63, 3.8) is 0 Å². The van der Waals surface area contributed by atoms with E-state index < -0.39 is 5.91 Å². The molecule has 0 saturated heterocycles. The van der Waals surface area contributed by atoms with Crippen molar-refractivity contribution in [2.24, 2.45) is 0 Å². The van der Waals surface area contributed by atoms with E-state index in [1.807, 2.05) is 6.07 Å². The number of hydrogen-bond donors (Lipinski definition) is 1. The molecule has 36 heavy (non-hydrogen) atoms. The van der Waals surface area contributed by atoms with Crippen molar-refractivity contribution < 1.29 is 18.7 Å². The Bertz CT molecular complexity index is 1420. The molecule has 1 aromatic heterocycles. The van der Waals surface area contributed by atoms with Gasteiger partial charge in [-0.05, 0) is 72.7 Å². The van der Waals surface area contributed by atoms with E-state index in [2.05, 4.69) is 27.3 Å². The average molecular weight is 566 g/mol. The first-order valence-corrected chi connectivity index (χ1v) is 12.8. The van der Waals surface area contributed by atoms with Crippen molar-refractivity contribution in [3.8, 4) is 23.6 Å². The van der Waals surface area contributed by atoms with E-state index in [1.54, 1.807) is 24.3 Å². The Hall–Kier alpha value is -3.66. The minimum absolute atomic E-state index is 0.118. The lowest BCUT2D eigenvalue weighted by molar-refractivity contribution is -0.112. The summed E-state index contributed by atoms with van der Waals surface area (Å²) in [5, 5.41) is 22.6. The first-order valence-electron chi connectivity index (χ1n) is 11.2. The van der Waals surface area contributed by atoms with Gasteiger partial charge in [0.25, 0.3) is 5.91 Å². The lowest BCUT2D eigenvalue weighted by atomic mass is 9.96. The van der Waals surface area contributed by atoms with E-state index in [0.29, 0.717) is 32.1 Å². The van der Waals surface area contributed by atoms with Gasteiger partial charge in [-0.15, -0.1) is 11.3 Å². The van der Waals surface area contributed by atoms with Gasteiger partial charge in [0.1, 0.15) is 35.1 Å². The fourth-order valence-corrected chi connectivity index (χ4v) is 5.59. The molecule has 0 spiro atoms. The highest BCUT2D eigenvalue weighted by atomic mass is 79.9. The summed E-state index contributed by atoms with van der Waals surface area (Å²) in [7, 11) is 1.49. The molecule has 0 aliphatic heterocycles. The lowest BCUT2D eigenvalue weighted by Gasteiger charge is -2.13. The third-order valence-corrected chi connectivity index (χ3v) is 7.66. The first-order chi connectivity index (χ1) is 17.4. The van der Waals surface area contributed by atoms with Gasteiger partial charge in [0.2, 0.25) is 0 Å². The standard InChI is InChI=1S/C27H21BrFN3O3S/c1-34-23-11-17(22(28)12-24(23)35-15-16-6-8-19(29)9-7-16)10-18(13-30)26(33)32-27-21(14-31)20-4-2-3-5-25(20)36-27/h6-12H,2-5,15H2,1H3,(H,32,33)/b18-10+. The lowest BCUT2D eigenvalue weighted by Crippen LogP contribution is -2.13. The molecule has 1 aliphatic rings. The van der Waals surface area contributed by atoms with Crippen molar-refractivity contribution in [2.75, 3.05) is 12.4 Å². The number of thiophene rings is 1. The number of ether oxygens (including phenoxy) is 2. The van der Waals surface area contributed by atoms with Gasteiger partial charge < -0.3 is 14.8 Å². The Morgan fingerprint density at radius 1 is 1.19 bits per heavy atom. The van der Waals surface area contributed by atoms with Gasteiger partial charge in [-0.1, -0.05) is 28.1 Å². The molecular formula is C27H21BrFN3O3S. The summed E-state index contributed by atoms with van der Waals surface area (Å²) in [5.74, 6) is -0.0660. The van der Waals surface area contributed by atoms with Crippen molar-refractivity contribution in [1.29, 1.82) is 10.5 Å². The van der Waals surface area contributed by atoms with Gasteiger partial charge in [0, 0.05) is 9.35 Å². The molecule has 0 unspecified atom stereocenters. The number of amides is 1. The highest BCUT2D eigenvalue weighted by molar-refractivity contribution is 9.10. The number of carbonyl (C=O) groups excluding carboxylic acids is 1. The van der Waals surface area contributed by atoms with Crippen LogP contribution in [0.15, 0.2) is 46.4 Å². The fourth-order valence-electron chi connectivity index (χ4n) is 3.92. The van der Waals surface area contributed by atoms with Crippen molar-refractivity contribution >= 4 is 44.3 Å². The minimum atomic E-state index is -0.588. The monoisotopic (exact) mass is 565 g/mol. The van der Waals surface area contributed by atoms with Crippen molar-refractivity contribution in [2.45, 2.75) is 32.3 Å². The predicted molar refractivity (Wildman–Crippen MR) is 139 cm³/mol. The predicted octanol–water partition coefficient (Wildman–Crippen LogP) is 6.53. The summed E-state index contributed by atoms with van der Waals surface area (Å²) in [6.07, 6.45) is 5.26. The van der Waals surface area contributed by atoms with E-state index in [-0.39, 0.29) is 18.0 Å². The third-order valence-electron chi connectivity index (χ3n) is 5.77. The van der Waals surface area contributed by atoms with Crippen LogP contribution in [0.25, 0.3) is 6.08 Å². The number of hydrogen-bond acceptors (Lipinski definition) is 6. The third kappa shape index (κ3) is 5.59. The number of aryl methyl sites for hydroxylation is 1. The summed E-state index contributed by atoms with van der Waals surface area (Å²) < 4.78 is 25.0. The van der Waals surface area contributed by atoms with E-state index in [9.17, 15) is 19.7 Å². The molecular weight excluding hydrogens is 545 g/mol. The Labute approximate surface area is 220 Å². The summed E-state index contributed by atoms with van der Waals surface area (Å²) >= 11 is 4.88. The second kappa shape index (κ2) is 11.4. The number of nitriles is 2. The maximum absolute atomic E-state index is 13.1. The maximum Gasteiger partial charge on any atom is 0.266 e. The van der Waals surface area contributed by atoms with E-state index in [0.717, 1.165) is 41.7 Å². The van der Waals surface area contributed by atoms with Crippen LogP contribution in [0.3, 0.4) is 0 Å². The Morgan fingerprint density at radius 3 is 2.64 bits per heavy atom. The van der Waals surface area contributed by atoms with Crippen LogP contribution in [0.5, 0.6) is 11.5 Å². The second-order valence-corrected chi connectivity index (χ2v) is 10.0. The molecule has 3 aromatic rings. The summed E-state index contributed by atoms with van der Waals surface area (Å²) in [6, 6.07) is 13.5. The molecule has 1 heterocycles. The topological polar surface area (TPSA) is 95.1 Å². The molecule has 1 aliphatic carbocycles. The zero-order chi connectivity index (χ0) is 25.7. The second-order valence-electron chi connectivity index (χ2n) is 8.09. The summed E-state index contributed by atoms with van der Waals surface area (Å²) in [4.78, 5) is 14.1. The van der Waals surface area contributed by atoms with Gasteiger partial charge >= 0.3 is 0 Å². The zero-order valence-corrected chi connectivity index (χ0v) is 21.8. The smallest absolute Gasteiger partial charge is 0.266 e. The molecule has 6 nitrogen and oxygen atoms in total. The molecule has 2 aromatic carbocycles. The normalized spacial score (nSPS) is 12.8. The number of benzene rings is 2. The highest BCUT2D eigenvalue weighted by Crippen LogP contribution is 2.38. The number of carbonyl (C=O) groups is 1. The fraction of sp³-hybridized carbons (Fsp3) is 0.222. The van der Waals surface area contributed by atoms with Crippen LogP contribution in [-0.2, 0) is 24.2 Å². The number of rotatable bonds is 7. The van der Waals surface area contributed by atoms with Crippen LogP contribution in [0.1, 0.15) is 40.0 Å². The van der Waals surface area contributed by atoms with E-state index in [1.165, 1.54) is 36.7 Å². The van der Waals surface area contributed by atoms with Crippen LogP contribution in [0, 0.1) is 28.5 Å². The number of anilines is 1. The molecule has 0 atom stereocenters. The van der Waals surface area contributed by atoms with Crippen LogP contribution in [0.2, 0.25) is 0 Å². The van der Waals surface area contributed by atoms with Crippen LogP contribution in [0.4, 0.5) is 9.39 Å². The van der Waals surface area contributed by atoms with Gasteiger partial charge in [0.15, 0.2) is 11.5 Å². The van der Waals surface area contributed by atoms with Crippen molar-refractivity contribution in [1.82, 2.24) is 0 Å². The maximum atomic E-state index is 13.1. The molecule has 182 valence electrons. The first kappa shape index (κ1) is 25.4. The number of fused-ring (bicyclic) bond motifs is 1. The average Bonchev–Trinajstić information content (AvgIpc) is 3.24. The van der Waals surface area contributed by atoms with E-state index in [4.69, 9.17) is 9.47 Å². The van der Waals surface area contributed by atoms with Gasteiger partial charge in [0.05, 0.1) is 12.7 Å². The molecule has 0 saturated carbocycles. The molecule has 9 heteroatoms. The van der Waals surface area contributed by atoms with Gasteiger partial charge in [-0.3, -0.25) is 4.79 Å². The largest absolute Gasteiger partial charge is 0.493 e. The van der Waals surface area contributed by atoms with Crippen molar-refractivity contribution in [3.05, 3.63) is 79.4 Å². The molecule has 0 fully saturated rings.